The molecule has 5 nitrogen and oxygen atoms in total. The molecule has 0 aliphatic rings. The highest BCUT2D eigenvalue weighted by Crippen LogP contribution is 2.10. The van der Waals surface area contributed by atoms with Crippen molar-refractivity contribution in [3.63, 3.8) is 0 Å². The first kappa shape index (κ1) is 13.1. The van der Waals surface area contributed by atoms with E-state index in [4.69, 9.17) is 0 Å². The Morgan fingerprint density at radius 3 is 2.62 bits per heavy atom. The maximum atomic E-state index is 11.9. The number of rotatable bonds is 4. The largest absolute Gasteiger partial charge is 0.324 e. The van der Waals surface area contributed by atoms with E-state index in [1.165, 1.54) is 0 Å². The van der Waals surface area contributed by atoms with Gasteiger partial charge in [-0.3, -0.25) is 9.78 Å². The molecule has 104 valence electrons. The summed E-state index contributed by atoms with van der Waals surface area (Å²) in [6, 6.07) is 13.2. The summed E-state index contributed by atoms with van der Waals surface area (Å²) in [6.07, 6.45) is 7.23. The number of hydrogen-bond donors (Lipinski definition) is 1. The monoisotopic (exact) mass is 278 g/mol. The summed E-state index contributed by atoms with van der Waals surface area (Å²) in [4.78, 5) is 15.9. The van der Waals surface area contributed by atoms with E-state index < -0.39 is 0 Å². The van der Waals surface area contributed by atoms with Gasteiger partial charge in [0.25, 0.3) is 0 Å². The van der Waals surface area contributed by atoms with Gasteiger partial charge in [-0.05, 0) is 35.9 Å². The fourth-order valence-corrected chi connectivity index (χ4v) is 2.02. The molecule has 0 radical (unpaired) electrons. The van der Waals surface area contributed by atoms with Gasteiger partial charge in [0.1, 0.15) is 0 Å². The van der Waals surface area contributed by atoms with Gasteiger partial charge >= 0.3 is 0 Å². The third-order valence-electron chi connectivity index (χ3n) is 3.02. The van der Waals surface area contributed by atoms with Crippen molar-refractivity contribution in [2.45, 2.75) is 6.42 Å². The number of anilines is 1. The Balaban J connectivity index is 1.64. The van der Waals surface area contributed by atoms with Gasteiger partial charge in [0.2, 0.25) is 5.91 Å². The first-order chi connectivity index (χ1) is 10.3. The minimum atomic E-state index is -0.0603. The molecule has 5 heteroatoms. The van der Waals surface area contributed by atoms with E-state index in [9.17, 15) is 4.79 Å². The molecule has 1 aromatic carbocycles. The van der Waals surface area contributed by atoms with Crippen LogP contribution in [-0.4, -0.2) is 20.7 Å². The second-order valence-corrected chi connectivity index (χ2v) is 4.58. The average Bonchev–Trinajstić information content (AvgIpc) is 3.03. The molecule has 3 aromatic rings. The van der Waals surface area contributed by atoms with Crippen molar-refractivity contribution >= 4 is 11.6 Å². The van der Waals surface area contributed by atoms with Crippen molar-refractivity contribution < 1.29 is 4.79 Å². The van der Waals surface area contributed by atoms with E-state index >= 15 is 0 Å². The van der Waals surface area contributed by atoms with Crippen LogP contribution in [0, 0.1) is 0 Å². The van der Waals surface area contributed by atoms with Crippen LogP contribution in [-0.2, 0) is 11.2 Å². The highest BCUT2D eigenvalue weighted by Gasteiger charge is 2.04. The van der Waals surface area contributed by atoms with Crippen molar-refractivity contribution in [1.29, 1.82) is 0 Å². The standard InChI is InChI=1S/C16H14N4O/c21-16(19-14-3-1-8-17-12-14)11-13-4-6-15(7-5-13)20-10-2-9-18-20/h1-10,12H,11H2,(H,19,21). The molecule has 0 aliphatic carbocycles. The molecule has 0 fully saturated rings. The highest BCUT2D eigenvalue weighted by molar-refractivity contribution is 5.92. The van der Waals surface area contributed by atoms with E-state index in [0.29, 0.717) is 12.1 Å². The fraction of sp³-hybridized carbons (Fsp3) is 0.0625. The topological polar surface area (TPSA) is 59.8 Å². The van der Waals surface area contributed by atoms with Gasteiger partial charge in [-0.15, -0.1) is 0 Å². The fourth-order valence-electron chi connectivity index (χ4n) is 2.02. The van der Waals surface area contributed by atoms with Gasteiger partial charge in [0.15, 0.2) is 0 Å². The molecule has 1 amide bonds. The number of pyridine rings is 1. The zero-order valence-electron chi connectivity index (χ0n) is 11.3. The molecule has 21 heavy (non-hydrogen) atoms. The maximum absolute atomic E-state index is 11.9. The maximum Gasteiger partial charge on any atom is 0.228 e. The SMILES string of the molecule is O=C(Cc1ccc(-n2cccn2)cc1)Nc1cccnc1. The summed E-state index contributed by atoms with van der Waals surface area (Å²) in [6.45, 7) is 0. The smallest absolute Gasteiger partial charge is 0.228 e. The van der Waals surface area contributed by atoms with Crippen LogP contribution in [0.3, 0.4) is 0 Å². The van der Waals surface area contributed by atoms with Crippen LogP contribution >= 0.6 is 0 Å². The summed E-state index contributed by atoms with van der Waals surface area (Å²) in [5.41, 5.74) is 2.62. The summed E-state index contributed by atoms with van der Waals surface area (Å²) >= 11 is 0. The number of nitrogens with one attached hydrogen (secondary N) is 1. The Hall–Kier alpha value is -2.95. The molecular weight excluding hydrogens is 264 g/mol. The molecule has 2 heterocycles. The summed E-state index contributed by atoms with van der Waals surface area (Å²) in [7, 11) is 0. The predicted octanol–water partition coefficient (Wildman–Crippen LogP) is 2.45. The van der Waals surface area contributed by atoms with Crippen LogP contribution in [0.15, 0.2) is 67.3 Å². The Kier molecular flexibility index (Phi) is 3.73. The second-order valence-electron chi connectivity index (χ2n) is 4.58. The van der Waals surface area contributed by atoms with Crippen LogP contribution in [0.4, 0.5) is 5.69 Å². The number of carbonyl (C=O) groups excluding carboxylic acids is 1. The number of carbonyl (C=O) groups is 1. The number of benzene rings is 1. The third kappa shape index (κ3) is 3.33. The van der Waals surface area contributed by atoms with Crippen molar-refractivity contribution in [2.24, 2.45) is 0 Å². The van der Waals surface area contributed by atoms with Crippen LogP contribution in [0.5, 0.6) is 0 Å². The van der Waals surface area contributed by atoms with Crippen LogP contribution in [0.1, 0.15) is 5.56 Å². The molecule has 0 saturated carbocycles. The zero-order chi connectivity index (χ0) is 14.5. The van der Waals surface area contributed by atoms with E-state index in [1.807, 2.05) is 42.6 Å². The lowest BCUT2D eigenvalue weighted by Crippen LogP contribution is -2.14. The normalized spacial score (nSPS) is 10.3. The van der Waals surface area contributed by atoms with Crippen molar-refractivity contribution in [1.82, 2.24) is 14.8 Å². The summed E-state index contributed by atoms with van der Waals surface area (Å²) in [5, 5.41) is 6.98. The Morgan fingerprint density at radius 2 is 1.95 bits per heavy atom. The second kappa shape index (κ2) is 6.00. The zero-order valence-corrected chi connectivity index (χ0v) is 11.3. The van der Waals surface area contributed by atoms with Gasteiger partial charge in [0.05, 0.1) is 24.0 Å². The molecule has 0 saturated heterocycles. The third-order valence-corrected chi connectivity index (χ3v) is 3.02. The Morgan fingerprint density at radius 1 is 1.10 bits per heavy atom. The molecule has 0 atom stereocenters. The first-order valence-electron chi connectivity index (χ1n) is 6.60. The number of hydrogen-bond acceptors (Lipinski definition) is 3. The van der Waals surface area contributed by atoms with Crippen LogP contribution in [0.25, 0.3) is 5.69 Å². The van der Waals surface area contributed by atoms with E-state index in [1.54, 1.807) is 29.3 Å². The quantitative estimate of drug-likeness (QED) is 0.797. The number of nitrogens with zero attached hydrogens (tertiary/aromatic N) is 3. The van der Waals surface area contributed by atoms with Crippen molar-refractivity contribution in [2.75, 3.05) is 5.32 Å². The predicted molar refractivity (Wildman–Crippen MR) is 80.1 cm³/mol. The molecule has 1 N–H and O–H groups in total. The van der Waals surface area contributed by atoms with Crippen molar-refractivity contribution in [3.05, 3.63) is 72.8 Å². The molecule has 0 bridgehead atoms. The van der Waals surface area contributed by atoms with Gasteiger partial charge in [-0.25, -0.2) is 4.68 Å². The molecule has 0 aliphatic heterocycles. The average molecular weight is 278 g/mol. The van der Waals surface area contributed by atoms with E-state index in [-0.39, 0.29) is 5.91 Å². The van der Waals surface area contributed by atoms with Crippen molar-refractivity contribution in [3.8, 4) is 5.69 Å². The first-order valence-corrected chi connectivity index (χ1v) is 6.60. The molecular formula is C16H14N4O. The summed E-state index contributed by atoms with van der Waals surface area (Å²) < 4.78 is 1.78. The van der Waals surface area contributed by atoms with E-state index in [2.05, 4.69) is 15.4 Å². The number of aromatic nitrogens is 3. The molecule has 0 spiro atoms. The molecule has 2 aromatic heterocycles. The lowest BCUT2D eigenvalue weighted by atomic mass is 10.1. The lowest BCUT2D eigenvalue weighted by molar-refractivity contribution is -0.115. The van der Waals surface area contributed by atoms with E-state index in [0.717, 1.165) is 11.3 Å². The Bertz CT molecular complexity index is 706. The Labute approximate surface area is 122 Å². The van der Waals surface area contributed by atoms with Gasteiger partial charge in [-0.1, -0.05) is 12.1 Å². The van der Waals surface area contributed by atoms with Gasteiger partial charge in [-0.2, -0.15) is 5.10 Å². The van der Waals surface area contributed by atoms with Crippen LogP contribution < -0.4 is 5.32 Å². The molecule has 0 unspecified atom stereocenters. The van der Waals surface area contributed by atoms with Gasteiger partial charge in [0, 0.05) is 18.6 Å². The molecule has 3 rings (SSSR count). The lowest BCUT2D eigenvalue weighted by Gasteiger charge is -2.06. The summed E-state index contributed by atoms with van der Waals surface area (Å²) in [5.74, 6) is -0.0603. The number of amides is 1. The van der Waals surface area contributed by atoms with Gasteiger partial charge < -0.3 is 5.32 Å². The van der Waals surface area contributed by atoms with Crippen LogP contribution in [0.2, 0.25) is 0 Å². The highest BCUT2D eigenvalue weighted by atomic mass is 16.1. The minimum Gasteiger partial charge on any atom is -0.324 e. The minimum absolute atomic E-state index is 0.0603.